The lowest BCUT2D eigenvalue weighted by molar-refractivity contribution is 0.844. The maximum absolute atomic E-state index is 12.2. The van der Waals surface area contributed by atoms with Gasteiger partial charge < -0.3 is 5.73 Å². The summed E-state index contributed by atoms with van der Waals surface area (Å²) in [6, 6.07) is 10.7. The molecule has 2 aromatic carbocycles. The fraction of sp³-hybridized carbons (Fsp3) is 0.125. The summed E-state index contributed by atoms with van der Waals surface area (Å²) in [4.78, 5) is 14.9. The van der Waals surface area contributed by atoms with E-state index in [0.717, 1.165) is 11.1 Å². The second kappa shape index (κ2) is 6.20. The van der Waals surface area contributed by atoms with Gasteiger partial charge in [0.2, 0.25) is 0 Å². The Labute approximate surface area is 142 Å². The van der Waals surface area contributed by atoms with Crippen molar-refractivity contribution in [2.24, 2.45) is 5.73 Å². The van der Waals surface area contributed by atoms with Gasteiger partial charge in [-0.05, 0) is 42.3 Å². The summed E-state index contributed by atoms with van der Waals surface area (Å²) in [5.74, 6) is 0.381. The van der Waals surface area contributed by atoms with Crippen LogP contribution in [0.3, 0.4) is 0 Å². The summed E-state index contributed by atoms with van der Waals surface area (Å²) < 4.78 is 1.26. The van der Waals surface area contributed by atoms with Crippen LogP contribution in [0.15, 0.2) is 41.2 Å². The molecule has 23 heavy (non-hydrogen) atoms. The predicted molar refractivity (Wildman–Crippen MR) is 92.3 cm³/mol. The van der Waals surface area contributed by atoms with E-state index in [1.54, 1.807) is 18.2 Å². The van der Waals surface area contributed by atoms with Crippen molar-refractivity contribution in [1.29, 1.82) is 0 Å². The molecule has 0 unspecified atom stereocenters. The van der Waals surface area contributed by atoms with Crippen molar-refractivity contribution in [2.75, 3.05) is 0 Å². The van der Waals surface area contributed by atoms with Crippen LogP contribution in [-0.4, -0.2) is 14.8 Å². The van der Waals surface area contributed by atoms with E-state index in [0.29, 0.717) is 33.7 Å². The van der Waals surface area contributed by atoms with Gasteiger partial charge >= 0.3 is 5.69 Å². The molecule has 118 valence electrons. The lowest BCUT2D eigenvalue weighted by Crippen LogP contribution is -2.15. The van der Waals surface area contributed by atoms with Crippen LogP contribution in [0, 0.1) is 6.92 Å². The maximum atomic E-state index is 12.2. The molecule has 0 aliphatic heterocycles. The maximum Gasteiger partial charge on any atom is 0.348 e. The Bertz CT molecular complexity index is 930. The summed E-state index contributed by atoms with van der Waals surface area (Å²) in [7, 11) is 0. The van der Waals surface area contributed by atoms with E-state index in [1.807, 2.05) is 25.1 Å². The number of hydrogen-bond acceptors (Lipinski definition) is 3. The zero-order valence-electron chi connectivity index (χ0n) is 12.3. The molecule has 1 aromatic heterocycles. The van der Waals surface area contributed by atoms with Crippen LogP contribution >= 0.6 is 23.2 Å². The van der Waals surface area contributed by atoms with Gasteiger partial charge in [-0.1, -0.05) is 35.3 Å². The Morgan fingerprint density at radius 2 is 1.96 bits per heavy atom. The number of hydrogen-bond donors (Lipinski definition) is 2. The van der Waals surface area contributed by atoms with Gasteiger partial charge in [-0.25, -0.2) is 4.79 Å². The Balaban J connectivity index is 2.11. The predicted octanol–water partition coefficient (Wildman–Crippen LogP) is 3.30. The van der Waals surface area contributed by atoms with Crippen LogP contribution in [-0.2, 0) is 6.54 Å². The molecular weight excluding hydrogens is 335 g/mol. The molecule has 0 radical (unpaired) electrons. The van der Waals surface area contributed by atoms with Gasteiger partial charge in [0.1, 0.15) is 0 Å². The molecule has 3 rings (SSSR count). The van der Waals surface area contributed by atoms with Crippen molar-refractivity contribution in [3.8, 4) is 17.1 Å². The molecule has 7 heteroatoms. The highest BCUT2D eigenvalue weighted by Gasteiger charge is 2.13. The second-order valence-corrected chi connectivity index (χ2v) is 5.96. The number of rotatable bonds is 3. The fourth-order valence-electron chi connectivity index (χ4n) is 2.22. The lowest BCUT2D eigenvalue weighted by atomic mass is 10.1. The van der Waals surface area contributed by atoms with Crippen LogP contribution in [0.5, 0.6) is 0 Å². The second-order valence-electron chi connectivity index (χ2n) is 5.14. The highest BCUT2D eigenvalue weighted by molar-refractivity contribution is 6.33. The minimum absolute atomic E-state index is 0.367. The Kier molecular flexibility index (Phi) is 4.26. The fourth-order valence-corrected chi connectivity index (χ4v) is 2.60. The molecule has 0 saturated carbocycles. The molecule has 3 aromatic rings. The van der Waals surface area contributed by atoms with Gasteiger partial charge in [-0.15, -0.1) is 5.10 Å². The van der Waals surface area contributed by atoms with Crippen LogP contribution in [0.25, 0.3) is 17.1 Å². The average Bonchev–Trinajstić information content (AvgIpc) is 2.92. The summed E-state index contributed by atoms with van der Waals surface area (Å²) in [5.41, 5.74) is 8.32. The van der Waals surface area contributed by atoms with Crippen molar-refractivity contribution in [2.45, 2.75) is 13.5 Å². The number of aromatic amines is 1. The molecule has 0 amide bonds. The minimum atomic E-state index is -0.367. The van der Waals surface area contributed by atoms with E-state index >= 15 is 0 Å². The first-order valence-corrected chi connectivity index (χ1v) is 7.70. The molecule has 0 atom stereocenters. The van der Waals surface area contributed by atoms with E-state index in [2.05, 4.69) is 10.1 Å². The van der Waals surface area contributed by atoms with Gasteiger partial charge in [0.05, 0.1) is 10.7 Å². The van der Waals surface area contributed by atoms with Gasteiger partial charge in [0.15, 0.2) is 5.82 Å². The van der Waals surface area contributed by atoms with Crippen LogP contribution in [0.1, 0.15) is 11.1 Å². The van der Waals surface area contributed by atoms with Gasteiger partial charge in [0, 0.05) is 17.1 Å². The largest absolute Gasteiger partial charge is 0.348 e. The van der Waals surface area contributed by atoms with Crippen LogP contribution in [0.2, 0.25) is 10.0 Å². The number of nitrogens with one attached hydrogen (secondary N) is 1. The number of nitrogens with zero attached hydrogens (tertiary/aromatic N) is 2. The molecule has 0 fully saturated rings. The van der Waals surface area contributed by atoms with Crippen molar-refractivity contribution in [3.63, 3.8) is 0 Å². The van der Waals surface area contributed by atoms with Crippen molar-refractivity contribution in [1.82, 2.24) is 14.8 Å². The third-order valence-electron chi connectivity index (χ3n) is 3.54. The molecule has 0 saturated heterocycles. The summed E-state index contributed by atoms with van der Waals surface area (Å²) >= 11 is 12.3. The average molecular weight is 349 g/mol. The molecule has 5 nitrogen and oxygen atoms in total. The van der Waals surface area contributed by atoms with Crippen molar-refractivity contribution >= 4 is 23.2 Å². The summed E-state index contributed by atoms with van der Waals surface area (Å²) in [6.45, 7) is 2.27. The van der Waals surface area contributed by atoms with Gasteiger partial charge in [-0.3, -0.25) is 4.98 Å². The Morgan fingerprint density at radius 3 is 2.65 bits per heavy atom. The molecule has 0 bridgehead atoms. The summed E-state index contributed by atoms with van der Waals surface area (Å²) in [5, 5.41) is 5.38. The van der Waals surface area contributed by atoms with Gasteiger partial charge in [0.25, 0.3) is 0 Å². The van der Waals surface area contributed by atoms with Crippen molar-refractivity contribution in [3.05, 3.63) is 68.1 Å². The molecule has 0 aliphatic rings. The van der Waals surface area contributed by atoms with E-state index in [4.69, 9.17) is 28.9 Å². The minimum Gasteiger partial charge on any atom is -0.326 e. The molecular formula is C16H14Cl2N4O. The monoisotopic (exact) mass is 348 g/mol. The molecule has 1 heterocycles. The normalized spacial score (nSPS) is 11.0. The van der Waals surface area contributed by atoms with E-state index < -0.39 is 0 Å². The van der Waals surface area contributed by atoms with Crippen LogP contribution in [0.4, 0.5) is 0 Å². The van der Waals surface area contributed by atoms with E-state index in [1.165, 1.54) is 4.68 Å². The topological polar surface area (TPSA) is 76.7 Å². The zero-order valence-corrected chi connectivity index (χ0v) is 13.8. The number of benzene rings is 2. The first-order chi connectivity index (χ1) is 11.0. The number of halogens is 2. The first-order valence-electron chi connectivity index (χ1n) is 6.94. The smallest absolute Gasteiger partial charge is 0.326 e. The summed E-state index contributed by atoms with van der Waals surface area (Å²) in [6.07, 6.45) is 0. The molecule has 0 aliphatic carbocycles. The lowest BCUT2D eigenvalue weighted by Gasteiger charge is -2.04. The molecule has 3 N–H and O–H groups in total. The molecule has 0 spiro atoms. The third-order valence-corrected chi connectivity index (χ3v) is 4.28. The highest BCUT2D eigenvalue weighted by Crippen LogP contribution is 2.26. The van der Waals surface area contributed by atoms with E-state index in [-0.39, 0.29) is 5.69 Å². The van der Waals surface area contributed by atoms with Crippen molar-refractivity contribution < 1.29 is 0 Å². The van der Waals surface area contributed by atoms with Gasteiger partial charge in [-0.2, -0.15) is 4.68 Å². The third kappa shape index (κ3) is 3.03. The highest BCUT2D eigenvalue weighted by atomic mass is 35.5. The quantitative estimate of drug-likeness (QED) is 0.762. The van der Waals surface area contributed by atoms with Crippen LogP contribution < -0.4 is 11.4 Å². The number of nitrogens with two attached hydrogens (primary N) is 1. The first kappa shape index (κ1) is 15.8. The number of aromatic nitrogens is 3. The Morgan fingerprint density at radius 1 is 1.17 bits per heavy atom. The Hall–Kier alpha value is -2.08. The standard InChI is InChI=1S/C16H14Cl2N4O/c1-9-2-4-11(7-14(9)18)22-16(23)20-15(21-22)12-6-10(8-19)3-5-13(12)17/h2-7H,8,19H2,1H3,(H,20,21,23). The number of H-pyrrole nitrogens is 1. The zero-order chi connectivity index (χ0) is 16.6. The van der Waals surface area contributed by atoms with E-state index in [9.17, 15) is 4.79 Å². The number of aryl methyl sites for hydroxylation is 1. The SMILES string of the molecule is Cc1ccc(-n2nc(-c3cc(CN)ccc3Cl)[nH]c2=O)cc1Cl.